The Bertz CT molecular complexity index is 1120. The summed E-state index contributed by atoms with van der Waals surface area (Å²) < 4.78 is 26.1. The Kier molecular flexibility index (Phi) is 9.79. The SMILES string of the molecule is Cc1ccc(CN(C(=O)CN(c2cc(Cl)ccc2Cl)S(C)(=O)=O)C(C)C(=O)NCC(C)C)cc1. The smallest absolute Gasteiger partial charge is 0.244 e. The maximum Gasteiger partial charge on any atom is 0.244 e. The molecular formula is C24H31Cl2N3O4S. The fourth-order valence-corrected chi connectivity index (χ4v) is 4.49. The minimum absolute atomic E-state index is 0.0946. The Morgan fingerprint density at radius 3 is 2.21 bits per heavy atom. The first-order valence-corrected chi connectivity index (χ1v) is 13.5. The molecule has 10 heteroatoms. The van der Waals surface area contributed by atoms with Crippen LogP contribution in [-0.2, 0) is 26.2 Å². The highest BCUT2D eigenvalue weighted by Gasteiger charge is 2.31. The van der Waals surface area contributed by atoms with Crippen molar-refractivity contribution in [2.45, 2.75) is 40.3 Å². The summed E-state index contributed by atoms with van der Waals surface area (Å²) in [4.78, 5) is 27.7. The van der Waals surface area contributed by atoms with Gasteiger partial charge in [-0.05, 0) is 43.5 Å². The maximum absolute atomic E-state index is 13.5. The lowest BCUT2D eigenvalue weighted by Crippen LogP contribution is -2.51. The number of rotatable bonds is 10. The van der Waals surface area contributed by atoms with Crippen molar-refractivity contribution in [1.29, 1.82) is 0 Å². The molecule has 2 aromatic carbocycles. The fraction of sp³-hybridized carbons (Fsp3) is 0.417. The van der Waals surface area contributed by atoms with E-state index in [1.807, 2.05) is 45.0 Å². The molecule has 0 aliphatic carbocycles. The first-order valence-electron chi connectivity index (χ1n) is 10.8. The van der Waals surface area contributed by atoms with E-state index in [0.29, 0.717) is 6.54 Å². The number of aryl methyl sites for hydroxylation is 1. The van der Waals surface area contributed by atoms with Crippen molar-refractivity contribution >= 4 is 50.7 Å². The zero-order valence-corrected chi connectivity index (χ0v) is 22.3. The molecule has 1 atom stereocenters. The normalized spacial score (nSPS) is 12.4. The van der Waals surface area contributed by atoms with Gasteiger partial charge < -0.3 is 10.2 Å². The van der Waals surface area contributed by atoms with Gasteiger partial charge in [0.05, 0.1) is 17.0 Å². The van der Waals surface area contributed by atoms with Crippen molar-refractivity contribution < 1.29 is 18.0 Å². The monoisotopic (exact) mass is 527 g/mol. The number of nitrogens with one attached hydrogen (secondary N) is 1. The second-order valence-electron chi connectivity index (χ2n) is 8.69. The van der Waals surface area contributed by atoms with E-state index in [1.54, 1.807) is 6.92 Å². The first kappa shape index (κ1) is 28.0. The fourth-order valence-electron chi connectivity index (χ4n) is 3.20. The molecule has 0 aromatic heterocycles. The van der Waals surface area contributed by atoms with Gasteiger partial charge in [-0.25, -0.2) is 8.42 Å². The average molecular weight is 529 g/mol. The van der Waals surface area contributed by atoms with Gasteiger partial charge in [0.1, 0.15) is 12.6 Å². The van der Waals surface area contributed by atoms with Crippen molar-refractivity contribution in [1.82, 2.24) is 10.2 Å². The van der Waals surface area contributed by atoms with Crippen LogP contribution in [0.5, 0.6) is 0 Å². The van der Waals surface area contributed by atoms with Gasteiger partial charge in [-0.3, -0.25) is 13.9 Å². The van der Waals surface area contributed by atoms with Gasteiger partial charge in [-0.15, -0.1) is 0 Å². The standard InChI is InChI=1S/C24H31Cl2N3O4S/c1-16(2)13-27-24(31)18(4)28(14-19-8-6-17(3)7-9-19)23(30)15-29(34(5,32)33)22-12-20(25)10-11-21(22)26/h6-12,16,18H,13-15H2,1-5H3,(H,27,31). The van der Waals surface area contributed by atoms with Gasteiger partial charge >= 0.3 is 0 Å². The second kappa shape index (κ2) is 11.9. The lowest BCUT2D eigenvalue weighted by atomic mass is 10.1. The third-order valence-corrected chi connectivity index (χ3v) is 6.86. The number of carbonyl (C=O) groups is 2. The lowest BCUT2D eigenvalue weighted by Gasteiger charge is -2.32. The molecule has 2 rings (SSSR count). The molecule has 2 amide bonds. The van der Waals surface area contributed by atoms with Crippen LogP contribution in [0.4, 0.5) is 5.69 Å². The van der Waals surface area contributed by atoms with Gasteiger partial charge in [-0.2, -0.15) is 0 Å². The molecule has 34 heavy (non-hydrogen) atoms. The largest absolute Gasteiger partial charge is 0.354 e. The van der Waals surface area contributed by atoms with E-state index in [-0.39, 0.29) is 34.1 Å². The number of sulfonamides is 1. The van der Waals surface area contributed by atoms with E-state index in [2.05, 4.69) is 5.32 Å². The van der Waals surface area contributed by atoms with Gasteiger partial charge in [-0.1, -0.05) is 66.9 Å². The predicted molar refractivity (Wildman–Crippen MR) is 138 cm³/mol. The summed E-state index contributed by atoms with van der Waals surface area (Å²) in [5, 5.41) is 3.25. The van der Waals surface area contributed by atoms with Crippen LogP contribution in [0.2, 0.25) is 10.0 Å². The molecule has 0 aliphatic rings. The number of amides is 2. The Morgan fingerprint density at radius 2 is 1.65 bits per heavy atom. The van der Waals surface area contributed by atoms with Crippen molar-refractivity contribution in [3.63, 3.8) is 0 Å². The highest BCUT2D eigenvalue weighted by molar-refractivity contribution is 7.92. The molecule has 0 aliphatic heterocycles. The molecule has 0 heterocycles. The Labute approximate surface area is 212 Å². The molecule has 0 fully saturated rings. The molecular weight excluding hydrogens is 497 g/mol. The molecule has 1 N–H and O–H groups in total. The van der Waals surface area contributed by atoms with Crippen LogP contribution in [0.25, 0.3) is 0 Å². The van der Waals surface area contributed by atoms with E-state index >= 15 is 0 Å². The van der Waals surface area contributed by atoms with Crippen LogP contribution < -0.4 is 9.62 Å². The third-order valence-electron chi connectivity index (χ3n) is 5.18. The van der Waals surface area contributed by atoms with Crippen LogP contribution in [0.1, 0.15) is 31.9 Å². The van der Waals surface area contributed by atoms with Crippen LogP contribution in [0.3, 0.4) is 0 Å². The maximum atomic E-state index is 13.5. The summed E-state index contributed by atoms with van der Waals surface area (Å²) >= 11 is 12.3. The summed E-state index contributed by atoms with van der Waals surface area (Å²) in [6.45, 7) is 7.58. The summed E-state index contributed by atoms with van der Waals surface area (Å²) in [5.74, 6) is -0.627. The molecule has 2 aromatic rings. The van der Waals surface area contributed by atoms with E-state index < -0.39 is 28.5 Å². The van der Waals surface area contributed by atoms with Gasteiger partial charge in [0.15, 0.2) is 0 Å². The number of carbonyl (C=O) groups excluding carboxylic acids is 2. The molecule has 0 bridgehead atoms. The summed E-state index contributed by atoms with van der Waals surface area (Å²) in [7, 11) is -3.89. The van der Waals surface area contributed by atoms with Crippen molar-refractivity contribution in [2.75, 3.05) is 23.7 Å². The Morgan fingerprint density at radius 1 is 1.03 bits per heavy atom. The number of halogens is 2. The number of hydrogen-bond acceptors (Lipinski definition) is 4. The first-order chi connectivity index (χ1) is 15.8. The van der Waals surface area contributed by atoms with E-state index in [0.717, 1.165) is 21.7 Å². The van der Waals surface area contributed by atoms with Crippen molar-refractivity contribution in [3.8, 4) is 0 Å². The number of hydrogen-bond donors (Lipinski definition) is 1. The molecule has 0 radical (unpaired) electrons. The van der Waals surface area contributed by atoms with E-state index in [4.69, 9.17) is 23.2 Å². The minimum Gasteiger partial charge on any atom is -0.354 e. The highest BCUT2D eigenvalue weighted by atomic mass is 35.5. The predicted octanol–water partition coefficient (Wildman–Crippen LogP) is 4.26. The van der Waals surface area contributed by atoms with E-state index in [1.165, 1.54) is 23.1 Å². The Balaban J connectivity index is 2.40. The van der Waals surface area contributed by atoms with Gasteiger partial charge in [0, 0.05) is 18.1 Å². The van der Waals surface area contributed by atoms with Crippen molar-refractivity contribution in [3.05, 3.63) is 63.6 Å². The molecule has 186 valence electrons. The molecule has 0 spiro atoms. The number of anilines is 1. The van der Waals surface area contributed by atoms with Crippen LogP contribution in [-0.4, -0.2) is 50.5 Å². The van der Waals surface area contributed by atoms with Gasteiger partial charge in [0.25, 0.3) is 0 Å². The minimum atomic E-state index is -3.89. The molecule has 7 nitrogen and oxygen atoms in total. The number of nitrogens with zero attached hydrogens (tertiary/aromatic N) is 2. The van der Waals surface area contributed by atoms with Crippen LogP contribution >= 0.6 is 23.2 Å². The molecule has 0 saturated heterocycles. The van der Waals surface area contributed by atoms with Gasteiger partial charge in [0.2, 0.25) is 21.8 Å². The highest BCUT2D eigenvalue weighted by Crippen LogP contribution is 2.30. The summed E-state index contributed by atoms with van der Waals surface area (Å²) in [5.41, 5.74) is 1.97. The zero-order chi connectivity index (χ0) is 25.6. The summed E-state index contributed by atoms with van der Waals surface area (Å²) in [6, 6.07) is 11.1. The van der Waals surface area contributed by atoms with Crippen LogP contribution in [0.15, 0.2) is 42.5 Å². The zero-order valence-electron chi connectivity index (χ0n) is 20.0. The van der Waals surface area contributed by atoms with Crippen molar-refractivity contribution in [2.24, 2.45) is 5.92 Å². The number of benzene rings is 2. The average Bonchev–Trinajstić information content (AvgIpc) is 2.75. The topological polar surface area (TPSA) is 86.8 Å². The Hall–Kier alpha value is -2.29. The lowest BCUT2D eigenvalue weighted by molar-refractivity contribution is -0.139. The van der Waals surface area contributed by atoms with E-state index in [9.17, 15) is 18.0 Å². The van der Waals surface area contributed by atoms with Crippen LogP contribution in [0, 0.1) is 12.8 Å². The second-order valence-corrected chi connectivity index (χ2v) is 11.4. The third kappa shape index (κ3) is 7.89. The summed E-state index contributed by atoms with van der Waals surface area (Å²) in [6.07, 6.45) is 0.987. The quantitative estimate of drug-likeness (QED) is 0.500. The molecule has 0 saturated carbocycles. The molecule has 1 unspecified atom stereocenters.